The van der Waals surface area contributed by atoms with E-state index >= 15 is 0 Å². The fraction of sp³-hybridized carbons (Fsp3) is 0.533. The van der Waals surface area contributed by atoms with Gasteiger partial charge in [-0.25, -0.2) is 0 Å². The molecule has 0 aliphatic heterocycles. The Bertz CT molecular complexity index is 430. The quantitative estimate of drug-likeness (QED) is 0.805. The number of hydrogen-bond donors (Lipinski definition) is 1. The molecule has 1 aromatic carbocycles. The first-order valence-corrected chi connectivity index (χ1v) is 7.66. The van der Waals surface area contributed by atoms with Crippen LogP contribution < -0.4 is 5.73 Å². The van der Waals surface area contributed by atoms with E-state index < -0.39 is 0 Å². The van der Waals surface area contributed by atoms with Crippen LogP contribution in [0.2, 0.25) is 0 Å². The molecule has 19 heavy (non-hydrogen) atoms. The number of nitrogens with two attached hydrogens (primary N) is 1. The summed E-state index contributed by atoms with van der Waals surface area (Å²) in [6, 6.07) is 5.42. The molecule has 0 aliphatic rings. The van der Waals surface area contributed by atoms with Gasteiger partial charge in [0, 0.05) is 23.2 Å². The lowest BCUT2D eigenvalue weighted by Crippen LogP contribution is -2.35. The number of rotatable bonds is 6. The number of benzene rings is 1. The van der Waals surface area contributed by atoms with Crippen molar-refractivity contribution in [2.75, 3.05) is 18.8 Å². The third kappa shape index (κ3) is 4.23. The zero-order valence-corrected chi connectivity index (χ0v) is 13.5. The smallest absolute Gasteiger partial charge is 0.255 e. The van der Waals surface area contributed by atoms with Gasteiger partial charge in [-0.05, 0) is 31.0 Å². The van der Waals surface area contributed by atoms with Crippen LogP contribution in [0.1, 0.15) is 44.0 Å². The van der Waals surface area contributed by atoms with Crippen LogP contribution in [0.25, 0.3) is 0 Å². The average Bonchev–Trinajstić information content (AvgIpc) is 2.39. The molecule has 3 nitrogen and oxygen atoms in total. The summed E-state index contributed by atoms with van der Waals surface area (Å²) < 4.78 is 0.893. The Hall–Kier alpha value is -1.03. The van der Waals surface area contributed by atoms with Crippen molar-refractivity contribution in [2.45, 2.75) is 33.6 Å². The molecule has 2 N–H and O–H groups in total. The van der Waals surface area contributed by atoms with Crippen LogP contribution in [-0.2, 0) is 0 Å². The molecule has 0 spiro atoms. The van der Waals surface area contributed by atoms with E-state index in [0.29, 0.717) is 23.7 Å². The van der Waals surface area contributed by atoms with Crippen molar-refractivity contribution in [3.63, 3.8) is 0 Å². The van der Waals surface area contributed by atoms with Gasteiger partial charge in [-0.3, -0.25) is 4.79 Å². The van der Waals surface area contributed by atoms with Gasteiger partial charge in [0.1, 0.15) is 0 Å². The van der Waals surface area contributed by atoms with E-state index in [1.807, 2.05) is 17.9 Å². The van der Waals surface area contributed by atoms with Crippen LogP contribution in [0.15, 0.2) is 22.7 Å². The molecule has 0 heterocycles. The summed E-state index contributed by atoms with van der Waals surface area (Å²) in [5, 5.41) is 0. The zero-order valence-electron chi connectivity index (χ0n) is 11.9. The number of nitrogens with zero attached hydrogens (tertiary/aromatic N) is 1. The van der Waals surface area contributed by atoms with Gasteiger partial charge in [-0.15, -0.1) is 0 Å². The number of nitrogen functional groups attached to an aromatic ring is 1. The molecule has 4 heteroatoms. The first kappa shape index (κ1) is 16.0. The summed E-state index contributed by atoms with van der Waals surface area (Å²) in [5.74, 6) is 0.583. The molecular formula is C15H23BrN2O. The monoisotopic (exact) mass is 326 g/mol. The third-order valence-electron chi connectivity index (χ3n) is 3.55. The topological polar surface area (TPSA) is 46.3 Å². The lowest BCUT2D eigenvalue weighted by atomic mass is 10.0. The van der Waals surface area contributed by atoms with E-state index in [1.54, 1.807) is 12.1 Å². The van der Waals surface area contributed by atoms with Crippen LogP contribution in [0.4, 0.5) is 5.69 Å². The van der Waals surface area contributed by atoms with Gasteiger partial charge in [-0.2, -0.15) is 0 Å². The lowest BCUT2D eigenvalue weighted by molar-refractivity contribution is 0.0736. The van der Waals surface area contributed by atoms with Crippen molar-refractivity contribution in [1.29, 1.82) is 0 Å². The fourth-order valence-electron chi connectivity index (χ4n) is 2.11. The minimum atomic E-state index is 0.0272. The van der Waals surface area contributed by atoms with E-state index in [2.05, 4.69) is 29.8 Å². The van der Waals surface area contributed by atoms with Gasteiger partial charge in [0.15, 0.2) is 0 Å². The fourth-order valence-corrected chi connectivity index (χ4v) is 2.49. The van der Waals surface area contributed by atoms with E-state index in [9.17, 15) is 4.79 Å². The van der Waals surface area contributed by atoms with Crippen LogP contribution in [-0.4, -0.2) is 23.9 Å². The summed E-state index contributed by atoms with van der Waals surface area (Å²) in [6.07, 6.45) is 2.19. The first-order chi connectivity index (χ1) is 9.03. The molecule has 0 unspecified atom stereocenters. The number of carbonyl (C=O) groups is 1. The number of carbonyl (C=O) groups excluding carboxylic acids is 1. The molecule has 1 rings (SSSR count). The summed E-state index contributed by atoms with van der Waals surface area (Å²) in [7, 11) is 0. The molecule has 0 fully saturated rings. The van der Waals surface area contributed by atoms with Crippen LogP contribution in [0, 0.1) is 5.92 Å². The highest BCUT2D eigenvalue weighted by Crippen LogP contribution is 2.21. The van der Waals surface area contributed by atoms with E-state index in [-0.39, 0.29) is 5.91 Å². The Kier molecular flexibility index (Phi) is 6.35. The molecule has 0 saturated heterocycles. The summed E-state index contributed by atoms with van der Waals surface area (Å²) in [4.78, 5) is 14.4. The van der Waals surface area contributed by atoms with Gasteiger partial charge in [0.05, 0.1) is 5.56 Å². The van der Waals surface area contributed by atoms with Crippen molar-refractivity contribution in [1.82, 2.24) is 4.90 Å². The van der Waals surface area contributed by atoms with Crippen LogP contribution in [0.3, 0.4) is 0 Å². The normalized spacial score (nSPS) is 10.8. The maximum atomic E-state index is 12.5. The minimum absolute atomic E-state index is 0.0272. The van der Waals surface area contributed by atoms with Crippen molar-refractivity contribution in [3.8, 4) is 0 Å². The Morgan fingerprint density at radius 1 is 1.32 bits per heavy atom. The number of amides is 1. The second kappa shape index (κ2) is 7.53. The Balaban J connectivity index is 2.89. The second-order valence-corrected chi connectivity index (χ2v) is 5.67. The van der Waals surface area contributed by atoms with Gasteiger partial charge in [0.25, 0.3) is 5.91 Å². The van der Waals surface area contributed by atoms with E-state index in [4.69, 9.17) is 5.73 Å². The van der Waals surface area contributed by atoms with E-state index in [0.717, 1.165) is 23.9 Å². The summed E-state index contributed by atoms with van der Waals surface area (Å²) in [5.41, 5.74) is 7.06. The molecule has 0 bridgehead atoms. The van der Waals surface area contributed by atoms with Crippen molar-refractivity contribution in [2.24, 2.45) is 5.92 Å². The molecule has 0 atom stereocenters. The Labute approximate surface area is 124 Å². The number of hydrogen-bond acceptors (Lipinski definition) is 2. The van der Waals surface area contributed by atoms with Crippen molar-refractivity contribution < 1.29 is 4.79 Å². The van der Waals surface area contributed by atoms with Crippen LogP contribution in [0.5, 0.6) is 0 Å². The SMILES string of the molecule is CCC(CC)CN(CC)C(=O)c1ccc(Br)cc1N. The first-order valence-electron chi connectivity index (χ1n) is 6.87. The highest BCUT2D eigenvalue weighted by atomic mass is 79.9. The van der Waals surface area contributed by atoms with Gasteiger partial charge in [-0.1, -0.05) is 42.6 Å². The van der Waals surface area contributed by atoms with Gasteiger partial charge < -0.3 is 10.6 Å². The average molecular weight is 327 g/mol. The second-order valence-electron chi connectivity index (χ2n) is 4.76. The molecule has 0 aliphatic carbocycles. The van der Waals surface area contributed by atoms with Gasteiger partial charge in [0.2, 0.25) is 0 Å². The maximum Gasteiger partial charge on any atom is 0.255 e. The molecule has 1 amide bonds. The number of halogens is 1. The zero-order chi connectivity index (χ0) is 14.4. The standard InChI is InChI=1S/C15H23BrN2O/c1-4-11(5-2)10-18(6-3)15(19)13-8-7-12(16)9-14(13)17/h7-9,11H,4-6,10,17H2,1-3H3. The Morgan fingerprint density at radius 3 is 2.42 bits per heavy atom. The Morgan fingerprint density at radius 2 is 1.95 bits per heavy atom. The van der Waals surface area contributed by atoms with Gasteiger partial charge >= 0.3 is 0 Å². The highest BCUT2D eigenvalue weighted by molar-refractivity contribution is 9.10. The molecule has 0 radical (unpaired) electrons. The lowest BCUT2D eigenvalue weighted by Gasteiger charge is -2.26. The predicted molar refractivity (Wildman–Crippen MR) is 84.2 cm³/mol. The minimum Gasteiger partial charge on any atom is -0.398 e. The molecule has 0 saturated carbocycles. The molecule has 0 aromatic heterocycles. The molecule has 1 aromatic rings. The van der Waals surface area contributed by atoms with Crippen LogP contribution >= 0.6 is 15.9 Å². The van der Waals surface area contributed by atoms with Crippen molar-refractivity contribution in [3.05, 3.63) is 28.2 Å². The largest absolute Gasteiger partial charge is 0.398 e. The third-order valence-corrected chi connectivity index (χ3v) is 4.04. The molecular weight excluding hydrogens is 304 g/mol. The number of anilines is 1. The predicted octanol–water partition coefficient (Wildman–Crippen LogP) is 3.93. The maximum absolute atomic E-state index is 12.5. The van der Waals surface area contributed by atoms with Crippen molar-refractivity contribution >= 4 is 27.5 Å². The molecule has 106 valence electrons. The summed E-state index contributed by atoms with van der Waals surface area (Å²) in [6.45, 7) is 7.86. The van der Waals surface area contributed by atoms with E-state index in [1.165, 1.54) is 0 Å². The summed E-state index contributed by atoms with van der Waals surface area (Å²) >= 11 is 3.36. The highest BCUT2D eigenvalue weighted by Gasteiger charge is 2.19.